The fraction of sp³-hybridized carbons (Fsp3) is 0.409. The van der Waals surface area contributed by atoms with Crippen LogP contribution >= 0.6 is 24.0 Å². The number of ether oxygens (including phenoxy) is 1. The normalized spacial score (nSPS) is 16.5. The van der Waals surface area contributed by atoms with Gasteiger partial charge in [-0.05, 0) is 49.6 Å². The second-order valence-electron chi connectivity index (χ2n) is 7.01. The van der Waals surface area contributed by atoms with Gasteiger partial charge in [-0.15, -0.1) is 24.0 Å². The van der Waals surface area contributed by atoms with E-state index in [4.69, 9.17) is 4.74 Å². The highest BCUT2D eigenvalue weighted by Crippen LogP contribution is 2.20. The van der Waals surface area contributed by atoms with Crippen LogP contribution in [0.3, 0.4) is 0 Å². The molecule has 0 saturated carbocycles. The Morgan fingerprint density at radius 2 is 2.00 bits per heavy atom. The van der Waals surface area contributed by atoms with Gasteiger partial charge in [-0.25, -0.2) is 0 Å². The van der Waals surface area contributed by atoms with Crippen molar-refractivity contribution in [2.45, 2.75) is 25.8 Å². The third-order valence-corrected chi connectivity index (χ3v) is 4.99. The lowest BCUT2D eigenvalue weighted by molar-refractivity contribution is 0.414. The minimum Gasteiger partial charge on any atom is -0.497 e. The Morgan fingerprint density at radius 1 is 1.21 bits per heavy atom. The Bertz CT molecular complexity index is 763. The van der Waals surface area contributed by atoms with Crippen LogP contribution in [0.4, 0.5) is 5.69 Å². The number of aliphatic imine (C=N–C) groups is 1. The first-order valence-corrected chi connectivity index (χ1v) is 9.59. The summed E-state index contributed by atoms with van der Waals surface area (Å²) in [6.45, 7) is 5.03. The van der Waals surface area contributed by atoms with Crippen molar-refractivity contribution in [3.8, 4) is 5.75 Å². The maximum atomic E-state index is 5.28. The second-order valence-corrected chi connectivity index (χ2v) is 7.01. The number of nitrogens with one attached hydrogen (secondary N) is 2. The summed E-state index contributed by atoms with van der Waals surface area (Å²) in [6.07, 6.45) is 2.04. The molecule has 2 aromatic carbocycles. The third kappa shape index (κ3) is 6.29. The van der Waals surface area contributed by atoms with Crippen molar-refractivity contribution in [1.82, 2.24) is 10.6 Å². The molecule has 0 aromatic heterocycles. The predicted octanol–water partition coefficient (Wildman–Crippen LogP) is 3.61. The SMILES string of the molecule is CN=C(NCCc1cccc(OC)c1)NC1CCN(c2ccc(C)cc2)C1.I. The van der Waals surface area contributed by atoms with Crippen molar-refractivity contribution in [1.29, 1.82) is 0 Å². The summed E-state index contributed by atoms with van der Waals surface area (Å²) in [5.74, 6) is 1.77. The number of aryl methyl sites for hydroxylation is 1. The molecule has 6 heteroatoms. The maximum absolute atomic E-state index is 5.28. The molecule has 1 fully saturated rings. The molecule has 1 aliphatic rings. The van der Waals surface area contributed by atoms with Crippen molar-refractivity contribution < 1.29 is 4.74 Å². The molecule has 0 spiro atoms. The Morgan fingerprint density at radius 3 is 2.71 bits per heavy atom. The fourth-order valence-corrected chi connectivity index (χ4v) is 3.41. The molecule has 152 valence electrons. The van der Waals surface area contributed by atoms with E-state index in [0.717, 1.165) is 44.2 Å². The molecule has 1 unspecified atom stereocenters. The number of halogens is 1. The van der Waals surface area contributed by atoms with Crippen molar-refractivity contribution in [2.24, 2.45) is 4.99 Å². The van der Waals surface area contributed by atoms with Crippen molar-refractivity contribution in [3.63, 3.8) is 0 Å². The molecule has 0 aliphatic carbocycles. The van der Waals surface area contributed by atoms with E-state index in [1.165, 1.54) is 16.8 Å². The molecule has 2 N–H and O–H groups in total. The first kappa shape index (κ1) is 22.3. The van der Waals surface area contributed by atoms with Gasteiger partial charge < -0.3 is 20.3 Å². The summed E-state index contributed by atoms with van der Waals surface area (Å²) in [6, 6.07) is 17.4. The molecule has 1 heterocycles. The number of methoxy groups -OCH3 is 1. The summed E-state index contributed by atoms with van der Waals surface area (Å²) in [5, 5.41) is 6.98. The van der Waals surface area contributed by atoms with Crippen LogP contribution in [0.1, 0.15) is 17.5 Å². The van der Waals surface area contributed by atoms with Gasteiger partial charge in [0.05, 0.1) is 7.11 Å². The lowest BCUT2D eigenvalue weighted by atomic mass is 10.1. The standard InChI is InChI=1S/C22H30N4O.HI/c1-17-7-9-20(10-8-17)26-14-12-19(16-26)25-22(23-2)24-13-11-18-5-4-6-21(15-18)27-3;/h4-10,15,19H,11-14,16H2,1-3H3,(H2,23,24,25);1H. The van der Waals surface area contributed by atoms with E-state index in [9.17, 15) is 0 Å². The van der Waals surface area contributed by atoms with Crippen LogP contribution in [0.5, 0.6) is 5.75 Å². The molecular weight excluding hydrogens is 463 g/mol. The van der Waals surface area contributed by atoms with Crippen LogP contribution < -0.4 is 20.3 Å². The molecule has 0 bridgehead atoms. The number of guanidine groups is 1. The van der Waals surface area contributed by atoms with Crippen molar-refractivity contribution >= 4 is 35.6 Å². The lowest BCUT2D eigenvalue weighted by Crippen LogP contribution is -2.45. The summed E-state index contributed by atoms with van der Waals surface area (Å²) < 4.78 is 5.28. The summed E-state index contributed by atoms with van der Waals surface area (Å²) in [5.41, 5.74) is 3.85. The van der Waals surface area contributed by atoms with E-state index in [2.05, 4.69) is 63.8 Å². The third-order valence-electron chi connectivity index (χ3n) is 4.99. The van der Waals surface area contributed by atoms with E-state index >= 15 is 0 Å². The highest BCUT2D eigenvalue weighted by molar-refractivity contribution is 14.0. The highest BCUT2D eigenvalue weighted by atomic mass is 127. The average molecular weight is 494 g/mol. The predicted molar refractivity (Wildman–Crippen MR) is 128 cm³/mol. The zero-order valence-corrected chi connectivity index (χ0v) is 19.3. The second kappa shape index (κ2) is 11.1. The van der Waals surface area contributed by atoms with E-state index in [0.29, 0.717) is 6.04 Å². The fourth-order valence-electron chi connectivity index (χ4n) is 3.41. The summed E-state index contributed by atoms with van der Waals surface area (Å²) >= 11 is 0. The van der Waals surface area contributed by atoms with Crippen LogP contribution in [0.2, 0.25) is 0 Å². The molecule has 1 atom stereocenters. The Labute approximate surface area is 185 Å². The summed E-state index contributed by atoms with van der Waals surface area (Å²) in [7, 11) is 3.53. The molecular formula is C22H31IN4O. The highest BCUT2D eigenvalue weighted by Gasteiger charge is 2.23. The zero-order chi connectivity index (χ0) is 19.1. The Hall–Kier alpha value is -1.96. The first-order chi connectivity index (χ1) is 13.2. The zero-order valence-electron chi connectivity index (χ0n) is 16.9. The number of hydrogen-bond donors (Lipinski definition) is 2. The minimum atomic E-state index is 0. The van der Waals surface area contributed by atoms with Gasteiger partial charge in [-0.1, -0.05) is 29.8 Å². The van der Waals surface area contributed by atoms with E-state index in [-0.39, 0.29) is 24.0 Å². The van der Waals surface area contributed by atoms with Gasteiger partial charge in [0.1, 0.15) is 5.75 Å². The van der Waals surface area contributed by atoms with Gasteiger partial charge in [-0.2, -0.15) is 0 Å². The van der Waals surface area contributed by atoms with Crippen LogP contribution in [0.25, 0.3) is 0 Å². The van der Waals surface area contributed by atoms with Crippen LogP contribution in [-0.4, -0.2) is 45.8 Å². The van der Waals surface area contributed by atoms with Crippen molar-refractivity contribution in [2.75, 3.05) is 38.7 Å². The van der Waals surface area contributed by atoms with Crippen LogP contribution in [0, 0.1) is 6.92 Å². The first-order valence-electron chi connectivity index (χ1n) is 9.59. The van der Waals surface area contributed by atoms with Gasteiger partial charge in [0.2, 0.25) is 0 Å². The number of anilines is 1. The van der Waals surface area contributed by atoms with E-state index < -0.39 is 0 Å². The number of hydrogen-bond acceptors (Lipinski definition) is 3. The molecule has 3 rings (SSSR count). The molecule has 1 saturated heterocycles. The monoisotopic (exact) mass is 494 g/mol. The van der Waals surface area contributed by atoms with Gasteiger partial charge in [0, 0.05) is 38.4 Å². The van der Waals surface area contributed by atoms with Crippen molar-refractivity contribution in [3.05, 3.63) is 59.7 Å². The van der Waals surface area contributed by atoms with Crippen LogP contribution in [-0.2, 0) is 6.42 Å². The largest absolute Gasteiger partial charge is 0.497 e. The summed E-state index contributed by atoms with van der Waals surface area (Å²) in [4.78, 5) is 6.81. The number of rotatable bonds is 6. The van der Waals surface area contributed by atoms with Gasteiger partial charge >= 0.3 is 0 Å². The average Bonchev–Trinajstić information content (AvgIpc) is 3.16. The number of benzene rings is 2. The smallest absolute Gasteiger partial charge is 0.191 e. The number of nitrogens with zero attached hydrogens (tertiary/aromatic N) is 2. The van der Waals surface area contributed by atoms with Gasteiger partial charge in [-0.3, -0.25) is 4.99 Å². The maximum Gasteiger partial charge on any atom is 0.191 e. The Balaban J connectivity index is 0.00000280. The topological polar surface area (TPSA) is 48.9 Å². The van der Waals surface area contributed by atoms with E-state index in [1.807, 2.05) is 19.2 Å². The molecule has 0 amide bonds. The minimum absolute atomic E-state index is 0. The molecule has 2 aromatic rings. The molecule has 0 radical (unpaired) electrons. The van der Waals surface area contributed by atoms with Gasteiger partial charge in [0.25, 0.3) is 0 Å². The lowest BCUT2D eigenvalue weighted by Gasteiger charge is -2.20. The molecule has 28 heavy (non-hydrogen) atoms. The molecule has 1 aliphatic heterocycles. The Kier molecular flexibility index (Phi) is 8.89. The van der Waals surface area contributed by atoms with E-state index in [1.54, 1.807) is 7.11 Å². The quantitative estimate of drug-likeness (QED) is 0.366. The van der Waals surface area contributed by atoms with Crippen LogP contribution in [0.15, 0.2) is 53.5 Å². The van der Waals surface area contributed by atoms with Gasteiger partial charge in [0.15, 0.2) is 5.96 Å². The molecule has 5 nitrogen and oxygen atoms in total.